The van der Waals surface area contributed by atoms with Gasteiger partial charge in [-0.2, -0.15) is 5.26 Å². The molecule has 1 aromatic heterocycles. The molecule has 8 heteroatoms. The lowest BCUT2D eigenvalue weighted by atomic mass is 10.2. The zero-order valence-corrected chi connectivity index (χ0v) is 14.0. The summed E-state index contributed by atoms with van der Waals surface area (Å²) in [6.07, 6.45) is 3.74. The number of nitro groups is 1. The van der Waals surface area contributed by atoms with E-state index in [2.05, 4.69) is 4.98 Å². The number of hydrogen-bond acceptors (Lipinski definition) is 7. The molecule has 0 N–H and O–H groups in total. The molecule has 0 fully saturated rings. The molecule has 0 atom stereocenters. The molecule has 1 heterocycles. The van der Waals surface area contributed by atoms with Crippen LogP contribution in [0.15, 0.2) is 42.6 Å². The van der Waals surface area contributed by atoms with Gasteiger partial charge in [0.2, 0.25) is 5.88 Å². The lowest BCUT2D eigenvalue weighted by molar-refractivity contribution is -0.384. The van der Waals surface area contributed by atoms with Crippen LogP contribution in [-0.2, 0) is 4.74 Å². The molecule has 1 aromatic carbocycles. The van der Waals surface area contributed by atoms with Crippen LogP contribution in [0.2, 0.25) is 0 Å². The van der Waals surface area contributed by atoms with Gasteiger partial charge in [-0.05, 0) is 43.5 Å². The highest BCUT2D eigenvalue weighted by atomic mass is 16.6. The third-order valence-corrected chi connectivity index (χ3v) is 3.47. The SMILES string of the molecule is N#Cc1cccnc1OCCCCCOC(=O)c1ccc([N+](=O)[O-])cc1. The summed E-state index contributed by atoms with van der Waals surface area (Å²) in [6, 6.07) is 10.6. The van der Waals surface area contributed by atoms with Crippen molar-refractivity contribution in [3.63, 3.8) is 0 Å². The highest BCUT2D eigenvalue weighted by Gasteiger charge is 2.10. The number of nitro benzene ring substituents is 1. The maximum atomic E-state index is 11.8. The molecule has 0 bridgehead atoms. The molecule has 0 aliphatic heterocycles. The zero-order valence-electron chi connectivity index (χ0n) is 14.0. The number of esters is 1. The molecule has 2 aromatic rings. The fourth-order valence-electron chi connectivity index (χ4n) is 2.11. The van der Waals surface area contributed by atoms with E-state index in [0.29, 0.717) is 24.5 Å². The maximum absolute atomic E-state index is 11.8. The van der Waals surface area contributed by atoms with Crippen molar-refractivity contribution in [3.8, 4) is 11.9 Å². The standard InChI is InChI=1S/C18H17N3O5/c19-13-15-5-4-10-20-17(15)25-11-2-1-3-12-26-18(22)14-6-8-16(9-7-14)21(23)24/h4-10H,1-3,11-12H2. The monoisotopic (exact) mass is 355 g/mol. The zero-order chi connectivity index (χ0) is 18.8. The number of carbonyl (C=O) groups excluding carboxylic acids is 1. The highest BCUT2D eigenvalue weighted by molar-refractivity contribution is 5.89. The summed E-state index contributed by atoms with van der Waals surface area (Å²) in [5.74, 6) is -0.192. The van der Waals surface area contributed by atoms with E-state index in [-0.39, 0.29) is 17.9 Å². The van der Waals surface area contributed by atoms with E-state index >= 15 is 0 Å². The minimum absolute atomic E-state index is 0.0750. The van der Waals surface area contributed by atoms with Crippen LogP contribution in [0, 0.1) is 21.4 Å². The van der Waals surface area contributed by atoms with E-state index in [9.17, 15) is 14.9 Å². The van der Waals surface area contributed by atoms with Gasteiger partial charge in [0.25, 0.3) is 5.69 Å². The fourth-order valence-corrected chi connectivity index (χ4v) is 2.11. The van der Waals surface area contributed by atoms with Crippen LogP contribution >= 0.6 is 0 Å². The second kappa shape index (κ2) is 9.74. The molecule has 0 unspecified atom stereocenters. The summed E-state index contributed by atoms with van der Waals surface area (Å²) >= 11 is 0. The number of unbranched alkanes of at least 4 members (excludes halogenated alkanes) is 2. The van der Waals surface area contributed by atoms with E-state index in [1.807, 2.05) is 6.07 Å². The average Bonchev–Trinajstić information content (AvgIpc) is 2.67. The average molecular weight is 355 g/mol. The molecule has 0 aliphatic rings. The topological polar surface area (TPSA) is 115 Å². The van der Waals surface area contributed by atoms with E-state index in [1.165, 1.54) is 24.3 Å². The number of hydrogen-bond donors (Lipinski definition) is 0. The molecular weight excluding hydrogens is 338 g/mol. The number of rotatable bonds is 9. The summed E-state index contributed by atoms with van der Waals surface area (Å²) in [5.41, 5.74) is 0.594. The Kier molecular flexibility index (Phi) is 7.06. The van der Waals surface area contributed by atoms with Gasteiger partial charge in [-0.15, -0.1) is 0 Å². The molecule has 26 heavy (non-hydrogen) atoms. The van der Waals surface area contributed by atoms with Gasteiger partial charge < -0.3 is 9.47 Å². The maximum Gasteiger partial charge on any atom is 0.338 e. The van der Waals surface area contributed by atoms with Crippen molar-refractivity contribution in [2.24, 2.45) is 0 Å². The fraction of sp³-hybridized carbons (Fsp3) is 0.278. The lowest BCUT2D eigenvalue weighted by Gasteiger charge is -2.07. The van der Waals surface area contributed by atoms with Crippen LogP contribution in [0.4, 0.5) is 5.69 Å². The second-order valence-corrected chi connectivity index (χ2v) is 5.32. The van der Waals surface area contributed by atoms with Crippen molar-refractivity contribution in [1.29, 1.82) is 5.26 Å². The van der Waals surface area contributed by atoms with Gasteiger partial charge in [0.15, 0.2) is 0 Å². The third kappa shape index (κ3) is 5.56. The van der Waals surface area contributed by atoms with Crippen molar-refractivity contribution < 1.29 is 19.2 Å². The Morgan fingerprint density at radius 1 is 1.15 bits per heavy atom. The van der Waals surface area contributed by atoms with Crippen molar-refractivity contribution in [1.82, 2.24) is 4.98 Å². The minimum atomic E-state index is -0.526. The Balaban J connectivity index is 1.62. The Morgan fingerprint density at radius 3 is 2.58 bits per heavy atom. The third-order valence-electron chi connectivity index (χ3n) is 3.47. The van der Waals surface area contributed by atoms with Crippen LogP contribution in [0.1, 0.15) is 35.2 Å². The Bertz CT molecular complexity index is 799. The van der Waals surface area contributed by atoms with Crippen molar-refractivity contribution >= 4 is 11.7 Å². The van der Waals surface area contributed by atoms with Gasteiger partial charge in [0, 0.05) is 18.3 Å². The lowest BCUT2D eigenvalue weighted by Crippen LogP contribution is -2.07. The molecule has 0 spiro atoms. The Morgan fingerprint density at radius 2 is 1.88 bits per heavy atom. The Hall–Kier alpha value is -3.47. The summed E-state index contributed by atoms with van der Waals surface area (Å²) < 4.78 is 10.6. The predicted molar refractivity (Wildman–Crippen MR) is 91.7 cm³/mol. The molecule has 0 saturated carbocycles. The summed E-state index contributed by atoms with van der Waals surface area (Å²) in [4.78, 5) is 25.9. The Labute approximate surface area is 150 Å². The number of nitriles is 1. The van der Waals surface area contributed by atoms with Gasteiger partial charge in [0.1, 0.15) is 11.6 Å². The van der Waals surface area contributed by atoms with Gasteiger partial charge in [0.05, 0.1) is 23.7 Å². The molecule has 8 nitrogen and oxygen atoms in total. The van der Waals surface area contributed by atoms with Gasteiger partial charge in [-0.1, -0.05) is 0 Å². The quantitative estimate of drug-likeness (QED) is 0.293. The number of non-ortho nitro benzene ring substituents is 1. The molecule has 2 rings (SSSR count). The number of carbonyl (C=O) groups is 1. The van der Waals surface area contributed by atoms with Gasteiger partial charge in [-0.25, -0.2) is 9.78 Å². The number of ether oxygens (including phenoxy) is 2. The predicted octanol–water partition coefficient (Wildman–Crippen LogP) is 3.27. The highest BCUT2D eigenvalue weighted by Crippen LogP contribution is 2.14. The van der Waals surface area contributed by atoms with Gasteiger partial charge in [-0.3, -0.25) is 10.1 Å². The van der Waals surface area contributed by atoms with Crippen LogP contribution in [0.5, 0.6) is 5.88 Å². The second-order valence-electron chi connectivity index (χ2n) is 5.32. The van der Waals surface area contributed by atoms with Crippen LogP contribution in [-0.4, -0.2) is 29.1 Å². The minimum Gasteiger partial charge on any atom is -0.477 e. The first kappa shape index (κ1) is 18.9. The number of benzene rings is 1. The van der Waals surface area contributed by atoms with Crippen LogP contribution < -0.4 is 4.74 Å². The van der Waals surface area contributed by atoms with Crippen LogP contribution in [0.25, 0.3) is 0 Å². The van der Waals surface area contributed by atoms with E-state index in [4.69, 9.17) is 14.7 Å². The number of pyridine rings is 1. The first-order chi connectivity index (χ1) is 12.6. The smallest absolute Gasteiger partial charge is 0.338 e. The first-order valence-electron chi connectivity index (χ1n) is 8.01. The number of nitrogens with zero attached hydrogens (tertiary/aromatic N) is 3. The molecule has 0 amide bonds. The molecule has 0 saturated heterocycles. The van der Waals surface area contributed by atoms with Crippen molar-refractivity contribution in [3.05, 3.63) is 63.8 Å². The van der Waals surface area contributed by atoms with Crippen LogP contribution in [0.3, 0.4) is 0 Å². The normalized spacial score (nSPS) is 9.96. The van der Waals surface area contributed by atoms with Crippen molar-refractivity contribution in [2.75, 3.05) is 13.2 Å². The molecule has 0 aliphatic carbocycles. The molecule has 0 radical (unpaired) electrons. The van der Waals surface area contributed by atoms with E-state index in [0.717, 1.165) is 12.8 Å². The van der Waals surface area contributed by atoms with Crippen molar-refractivity contribution in [2.45, 2.75) is 19.3 Å². The first-order valence-corrected chi connectivity index (χ1v) is 8.01. The van der Waals surface area contributed by atoms with Gasteiger partial charge >= 0.3 is 5.97 Å². The molecular formula is C18H17N3O5. The van der Waals surface area contributed by atoms with E-state index in [1.54, 1.807) is 18.3 Å². The summed E-state index contributed by atoms with van der Waals surface area (Å²) in [7, 11) is 0. The largest absolute Gasteiger partial charge is 0.477 e. The number of aromatic nitrogens is 1. The van der Waals surface area contributed by atoms with E-state index < -0.39 is 10.9 Å². The summed E-state index contributed by atoms with van der Waals surface area (Å²) in [5, 5.41) is 19.5. The molecule has 134 valence electrons. The summed E-state index contributed by atoms with van der Waals surface area (Å²) in [6.45, 7) is 0.671.